The number of nitrogens with zero attached hydrogens (tertiary/aromatic N) is 1. The van der Waals surface area contributed by atoms with Crippen LogP contribution in [-0.2, 0) is 19.1 Å². The molecule has 0 saturated heterocycles. The minimum atomic E-state index is -0.832. The Balaban J connectivity index is 1.26. The molecule has 2 N–H and O–H groups in total. The molecule has 5 aliphatic carbocycles. The Morgan fingerprint density at radius 2 is 1.62 bits per heavy atom. The van der Waals surface area contributed by atoms with Gasteiger partial charge in [0.05, 0.1) is 6.07 Å². The number of nitriles is 1. The molecule has 29 heavy (non-hydrogen) atoms. The maximum atomic E-state index is 13.0. The molecule has 7 nitrogen and oxygen atoms in total. The molecule has 0 aromatic rings. The summed E-state index contributed by atoms with van der Waals surface area (Å²) >= 11 is 0. The molecule has 1 atom stereocenters. The number of carbonyl (C=O) groups excluding carboxylic acids is 3. The van der Waals surface area contributed by atoms with Gasteiger partial charge in [-0.05, 0) is 88.9 Å². The number of ether oxygens (including phenoxy) is 1. The van der Waals surface area contributed by atoms with E-state index in [4.69, 9.17) is 4.74 Å². The topological polar surface area (TPSA) is 108 Å². The summed E-state index contributed by atoms with van der Waals surface area (Å²) in [5.74, 6) is 0.847. The SMILES string of the molecule is C[C@H](NC(=O)C12CC3CC(CC(C3)C1)C2)C(=O)OCC(=O)NC1(C#N)CCCC1. The Hall–Kier alpha value is -2.10. The van der Waals surface area contributed by atoms with Gasteiger partial charge in [-0.2, -0.15) is 5.26 Å². The van der Waals surface area contributed by atoms with Crippen LogP contribution in [0, 0.1) is 34.5 Å². The molecule has 0 spiro atoms. The average molecular weight is 402 g/mol. The standard InChI is InChI=1S/C22H31N3O4/c1-14(19(27)29-12-18(26)25-22(13-23)4-2-3-5-22)24-20(28)21-9-15-6-16(10-21)8-17(7-15)11-21/h14-17H,2-12H2,1H3,(H,24,28)(H,25,26)/t14-,15?,16?,17?,21?/m0/s1. The summed E-state index contributed by atoms with van der Waals surface area (Å²) in [4.78, 5) is 37.5. The highest BCUT2D eigenvalue weighted by Crippen LogP contribution is 2.60. The number of amides is 2. The summed E-state index contributed by atoms with van der Waals surface area (Å²) in [6, 6.07) is 1.39. The molecule has 5 fully saturated rings. The van der Waals surface area contributed by atoms with Crippen molar-refractivity contribution >= 4 is 17.8 Å². The van der Waals surface area contributed by atoms with Crippen molar-refractivity contribution in [1.82, 2.24) is 10.6 Å². The molecular formula is C22H31N3O4. The van der Waals surface area contributed by atoms with Gasteiger partial charge in [0.1, 0.15) is 11.6 Å². The van der Waals surface area contributed by atoms with E-state index in [1.165, 1.54) is 19.3 Å². The van der Waals surface area contributed by atoms with Crippen molar-refractivity contribution in [2.75, 3.05) is 6.61 Å². The summed E-state index contributed by atoms with van der Waals surface area (Å²) < 4.78 is 5.11. The second-order valence-corrected chi connectivity index (χ2v) is 9.95. The molecule has 0 radical (unpaired) electrons. The van der Waals surface area contributed by atoms with E-state index in [9.17, 15) is 19.6 Å². The van der Waals surface area contributed by atoms with Gasteiger partial charge in [0.15, 0.2) is 6.61 Å². The molecular weight excluding hydrogens is 370 g/mol. The normalized spacial score (nSPS) is 34.8. The van der Waals surface area contributed by atoms with Crippen LogP contribution < -0.4 is 10.6 Å². The molecule has 4 bridgehead atoms. The third kappa shape index (κ3) is 3.99. The number of hydrogen-bond acceptors (Lipinski definition) is 5. The lowest BCUT2D eigenvalue weighted by molar-refractivity contribution is -0.155. The Kier molecular flexibility index (Phi) is 5.30. The molecule has 0 aromatic carbocycles. The zero-order valence-corrected chi connectivity index (χ0v) is 17.2. The fourth-order valence-corrected chi connectivity index (χ4v) is 6.61. The first-order valence-corrected chi connectivity index (χ1v) is 11.0. The zero-order valence-electron chi connectivity index (χ0n) is 17.2. The maximum absolute atomic E-state index is 13.0. The molecule has 0 aliphatic heterocycles. The summed E-state index contributed by atoms with van der Waals surface area (Å²) in [5.41, 5.74) is -1.15. The zero-order chi connectivity index (χ0) is 20.6. The lowest BCUT2D eigenvalue weighted by Gasteiger charge is -2.55. The van der Waals surface area contributed by atoms with Gasteiger partial charge in [-0.1, -0.05) is 0 Å². The Bertz CT molecular complexity index is 700. The number of esters is 1. The smallest absolute Gasteiger partial charge is 0.328 e. The maximum Gasteiger partial charge on any atom is 0.328 e. The second-order valence-electron chi connectivity index (χ2n) is 9.95. The van der Waals surface area contributed by atoms with E-state index in [0.717, 1.165) is 32.1 Å². The van der Waals surface area contributed by atoms with Crippen LogP contribution >= 0.6 is 0 Å². The fraction of sp³-hybridized carbons (Fsp3) is 0.818. The number of carbonyl (C=O) groups is 3. The highest BCUT2D eigenvalue weighted by Gasteiger charge is 2.54. The quantitative estimate of drug-likeness (QED) is 0.663. The second kappa shape index (κ2) is 7.62. The van der Waals surface area contributed by atoms with Gasteiger partial charge in [-0.25, -0.2) is 4.79 Å². The summed E-state index contributed by atoms with van der Waals surface area (Å²) in [6.45, 7) is 1.17. The molecule has 0 aromatic heterocycles. The van der Waals surface area contributed by atoms with E-state index in [0.29, 0.717) is 30.6 Å². The van der Waals surface area contributed by atoms with Gasteiger partial charge >= 0.3 is 5.97 Å². The van der Waals surface area contributed by atoms with Crippen LogP contribution in [0.25, 0.3) is 0 Å². The van der Waals surface area contributed by atoms with Crippen LogP contribution in [0.3, 0.4) is 0 Å². The van der Waals surface area contributed by atoms with E-state index in [1.54, 1.807) is 6.92 Å². The van der Waals surface area contributed by atoms with E-state index in [-0.39, 0.29) is 11.3 Å². The van der Waals surface area contributed by atoms with Crippen LogP contribution in [0.2, 0.25) is 0 Å². The van der Waals surface area contributed by atoms with E-state index >= 15 is 0 Å². The van der Waals surface area contributed by atoms with Crippen molar-refractivity contribution in [3.8, 4) is 6.07 Å². The summed E-state index contributed by atoms with van der Waals surface area (Å²) in [6.07, 6.45) is 9.63. The highest BCUT2D eigenvalue weighted by atomic mass is 16.5. The van der Waals surface area contributed by atoms with Gasteiger partial charge in [0.2, 0.25) is 5.91 Å². The molecule has 5 saturated carbocycles. The van der Waals surface area contributed by atoms with Gasteiger partial charge in [0, 0.05) is 5.41 Å². The molecule has 0 unspecified atom stereocenters. The molecule has 2 amide bonds. The minimum Gasteiger partial charge on any atom is -0.454 e. The predicted octanol–water partition coefficient (Wildman–Crippen LogP) is 2.20. The van der Waals surface area contributed by atoms with Gasteiger partial charge < -0.3 is 15.4 Å². The van der Waals surface area contributed by atoms with Gasteiger partial charge in [0.25, 0.3) is 5.91 Å². The monoisotopic (exact) mass is 401 g/mol. The third-order valence-corrected chi connectivity index (χ3v) is 7.62. The van der Waals surface area contributed by atoms with Crippen LogP contribution in [-0.4, -0.2) is 36.0 Å². The fourth-order valence-electron chi connectivity index (χ4n) is 6.61. The van der Waals surface area contributed by atoms with Crippen molar-refractivity contribution < 1.29 is 19.1 Å². The van der Waals surface area contributed by atoms with Crippen molar-refractivity contribution in [2.45, 2.75) is 82.7 Å². The first-order chi connectivity index (χ1) is 13.8. The minimum absolute atomic E-state index is 0.0279. The average Bonchev–Trinajstić information content (AvgIpc) is 3.13. The Morgan fingerprint density at radius 3 is 2.14 bits per heavy atom. The van der Waals surface area contributed by atoms with Crippen LogP contribution in [0.5, 0.6) is 0 Å². The van der Waals surface area contributed by atoms with Crippen molar-refractivity contribution in [2.24, 2.45) is 23.2 Å². The van der Waals surface area contributed by atoms with E-state index in [1.807, 2.05) is 0 Å². The van der Waals surface area contributed by atoms with Gasteiger partial charge in [-0.15, -0.1) is 0 Å². The summed E-state index contributed by atoms with van der Waals surface area (Å²) in [7, 11) is 0. The van der Waals surface area contributed by atoms with Gasteiger partial charge in [-0.3, -0.25) is 9.59 Å². The lowest BCUT2D eigenvalue weighted by Crippen LogP contribution is -2.56. The number of rotatable bonds is 6. The van der Waals surface area contributed by atoms with Crippen LogP contribution in [0.1, 0.15) is 71.1 Å². The Morgan fingerprint density at radius 1 is 1.07 bits per heavy atom. The van der Waals surface area contributed by atoms with E-state index in [2.05, 4.69) is 16.7 Å². The molecule has 158 valence electrons. The van der Waals surface area contributed by atoms with Crippen molar-refractivity contribution in [3.63, 3.8) is 0 Å². The molecule has 0 heterocycles. The van der Waals surface area contributed by atoms with Crippen molar-refractivity contribution in [1.29, 1.82) is 5.26 Å². The molecule has 7 heteroatoms. The van der Waals surface area contributed by atoms with Crippen molar-refractivity contribution in [3.05, 3.63) is 0 Å². The number of hydrogen-bond donors (Lipinski definition) is 2. The number of nitrogens with one attached hydrogen (secondary N) is 2. The summed E-state index contributed by atoms with van der Waals surface area (Å²) in [5, 5.41) is 14.9. The predicted molar refractivity (Wildman–Crippen MR) is 104 cm³/mol. The van der Waals surface area contributed by atoms with E-state index < -0.39 is 30.1 Å². The molecule has 5 aliphatic rings. The first kappa shape index (κ1) is 20.2. The third-order valence-electron chi connectivity index (χ3n) is 7.62. The van der Waals surface area contributed by atoms with Crippen LogP contribution in [0.15, 0.2) is 0 Å². The van der Waals surface area contributed by atoms with Crippen LogP contribution in [0.4, 0.5) is 0 Å². The highest BCUT2D eigenvalue weighted by molar-refractivity contribution is 5.89. The largest absolute Gasteiger partial charge is 0.454 e. The molecule has 5 rings (SSSR count). The lowest BCUT2D eigenvalue weighted by atomic mass is 9.49. The first-order valence-electron chi connectivity index (χ1n) is 11.0. The Labute approximate surface area is 171 Å².